The first-order valence-electron chi connectivity index (χ1n) is 9.27. The molecule has 1 N–H and O–H groups in total. The van der Waals surface area contributed by atoms with E-state index in [1.165, 1.54) is 5.56 Å². The Morgan fingerprint density at radius 3 is 3.04 bits per heavy atom. The summed E-state index contributed by atoms with van der Waals surface area (Å²) in [5.74, 6) is 1.62. The summed E-state index contributed by atoms with van der Waals surface area (Å²) in [4.78, 5) is 11.1. The van der Waals surface area contributed by atoms with Crippen molar-refractivity contribution in [2.45, 2.75) is 37.5 Å². The van der Waals surface area contributed by atoms with E-state index in [9.17, 15) is 0 Å². The quantitative estimate of drug-likeness (QED) is 0.891. The van der Waals surface area contributed by atoms with E-state index >= 15 is 0 Å². The second kappa shape index (κ2) is 7.60. The number of nitrogens with one attached hydrogen (secondary N) is 1. The molecule has 3 heterocycles. The van der Waals surface area contributed by atoms with E-state index in [2.05, 4.69) is 38.4 Å². The second-order valence-electron chi connectivity index (χ2n) is 7.25. The number of anilines is 1. The Morgan fingerprint density at radius 2 is 2.19 bits per heavy atom. The van der Waals surface area contributed by atoms with Crippen LogP contribution in [-0.4, -0.2) is 53.3 Å². The third-order valence-electron chi connectivity index (χ3n) is 5.33. The molecule has 6 heteroatoms. The minimum absolute atomic E-state index is 0.0520. The molecular weight excluding hydrogens is 328 g/mol. The Balaban J connectivity index is 1.37. The van der Waals surface area contributed by atoms with Crippen molar-refractivity contribution < 1.29 is 9.47 Å². The molecule has 138 valence electrons. The van der Waals surface area contributed by atoms with Gasteiger partial charge in [-0.25, -0.2) is 9.97 Å². The molecule has 2 saturated heterocycles. The molecule has 0 radical (unpaired) electrons. The number of aromatic nitrogens is 2. The van der Waals surface area contributed by atoms with E-state index < -0.39 is 0 Å². The summed E-state index contributed by atoms with van der Waals surface area (Å²) >= 11 is 0. The number of ether oxygens (including phenoxy) is 2. The van der Waals surface area contributed by atoms with Crippen molar-refractivity contribution in [3.63, 3.8) is 0 Å². The van der Waals surface area contributed by atoms with Crippen LogP contribution in [0.25, 0.3) is 0 Å². The average molecular weight is 354 g/mol. The van der Waals surface area contributed by atoms with Crippen LogP contribution < -0.4 is 10.1 Å². The molecule has 2 aliphatic rings. The van der Waals surface area contributed by atoms with Crippen LogP contribution in [-0.2, 0) is 11.3 Å². The predicted octanol–water partition coefficient (Wildman–Crippen LogP) is 2.72. The first-order chi connectivity index (χ1) is 12.7. The van der Waals surface area contributed by atoms with E-state index in [0.29, 0.717) is 12.0 Å². The van der Waals surface area contributed by atoms with Crippen molar-refractivity contribution in [3.05, 3.63) is 48.3 Å². The maximum Gasteiger partial charge on any atom is 0.222 e. The highest BCUT2D eigenvalue weighted by Crippen LogP contribution is 2.35. The minimum atomic E-state index is -0.0520. The van der Waals surface area contributed by atoms with E-state index in [1.54, 1.807) is 19.5 Å². The topological polar surface area (TPSA) is 59.5 Å². The molecule has 0 unspecified atom stereocenters. The lowest BCUT2D eigenvalue weighted by Gasteiger charge is -2.38. The van der Waals surface area contributed by atoms with Gasteiger partial charge >= 0.3 is 0 Å². The molecule has 2 aliphatic heterocycles. The summed E-state index contributed by atoms with van der Waals surface area (Å²) < 4.78 is 11.6. The van der Waals surface area contributed by atoms with Gasteiger partial charge in [0.1, 0.15) is 5.75 Å². The maximum absolute atomic E-state index is 6.26. The van der Waals surface area contributed by atoms with Crippen molar-refractivity contribution in [1.82, 2.24) is 14.9 Å². The van der Waals surface area contributed by atoms with Gasteiger partial charge in [0.25, 0.3) is 0 Å². The van der Waals surface area contributed by atoms with Gasteiger partial charge in [-0.15, -0.1) is 0 Å². The molecule has 1 spiro atoms. The summed E-state index contributed by atoms with van der Waals surface area (Å²) in [6.45, 7) is 3.75. The second-order valence-corrected chi connectivity index (χ2v) is 7.25. The van der Waals surface area contributed by atoms with Gasteiger partial charge in [0, 0.05) is 44.7 Å². The van der Waals surface area contributed by atoms with Gasteiger partial charge in [0.2, 0.25) is 5.95 Å². The molecular formula is C20H26N4O2. The fourth-order valence-corrected chi connectivity index (χ4v) is 4.08. The highest BCUT2D eigenvalue weighted by atomic mass is 16.5. The van der Waals surface area contributed by atoms with Gasteiger partial charge in [-0.05, 0) is 43.0 Å². The first-order valence-corrected chi connectivity index (χ1v) is 9.27. The lowest BCUT2D eigenvalue weighted by atomic mass is 9.89. The molecule has 0 amide bonds. The van der Waals surface area contributed by atoms with Gasteiger partial charge < -0.3 is 14.8 Å². The van der Waals surface area contributed by atoms with E-state index in [1.807, 2.05) is 12.1 Å². The highest BCUT2D eigenvalue weighted by molar-refractivity contribution is 5.28. The smallest absolute Gasteiger partial charge is 0.222 e. The lowest BCUT2D eigenvalue weighted by Crippen LogP contribution is -2.46. The Hall–Kier alpha value is -2.18. The van der Waals surface area contributed by atoms with Gasteiger partial charge in [0.05, 0.1) is 12.7 Å². The fraction of sp³-hybridized carbons (Fsp3) is 0.500. The normalized spacial score (nSPS) is 26.1. The van der Waals surface area contributed by atoms with E-state index in [-0.39, 0.29) is 5.60 Å². The monoisotopic (exact) mass is 354 g/mol. The third kappa shape index (κ3) is 3.97. The number of likely N-dealkylation sites (tertiary alicyclic amines) is 1. The molecule has 4 rings (SSSR count). The molecule has 0 aliphatic carbocycles. The molecule has 6 nitrogen and oxygen atoms in total. The van der Waals surface area contributed by atoms with Crippen LogP contribution in [0, 0.1) is 0 Å². The van der Waals surface area contributed by atoms with Crippen LogP contribution in [0.1, 0.15) is 24.8 Å². The number of hydrogen-bond acceptors (Lipinski definition) is 6. The Bertz CT molecular complexity index is 727. The maximum atomic E-state index is 6.26. The zero-order valence-corrected chi connectivity index (χ0v) is 15.2. The molecule has 2 atom stereocenters. The number of benzene rings is 1. The van der Waals surface area contributed by atoms with Gasteiger partial charge in [0.15, 0.2) is 0 Å². The number of hydrogen-bond donors (Lipinski definition) is 1. The molecule has 2 fully saturated rings. The van der Waals surface area contributed by atoms with Crippen LogP contribution >= 0.6 is 0 Å². The molecule has 0 saturated carbocycles. The van der Waals surface area contributed by atoms with Gasteiger partial charge in [-0.2, -0.15) is 0 Å². The average Bonchev–Trinajstić information content (AvgIpc) is 3.04. The summed E-state index contributed by atoms with van der Waals surface area (Å²) in [5, 5.41) is 3.47. The van der Waals surface area contributed by atoms with Crippen molar-refractivity contribution in [2.75, 3.05) is 32.1 Å². The molecule has 1 aromatic carbocycles. The van der Waals surface area contributed by atoms with Gasteiger partial charge in [-0.3, -0.25) is 4.90 Å². The molecule has 1 aromatic heterocycles. The van der Waals surface area contributed by atoms with Crippen LogP contribution in [0.3, 0.4) is 0 Å². The Labute approximate surface area is 154 Å². The van der Waals surface area contributed by atoms with E-state index in [0.717, 1.165) is 51.3 Å². The molecule has 2 aromatic rings. The highest BCUT2D eigenvalue weighted by Gasteiger charge is 2.43. The van der Waals surface area contributed by atoms with Crippen molar-refractivity contribution in [1.29, 1.82) is 0 Å². The van der Waals surface area contributed by atoms with Crippen molar-refractivity contribution in [2.24, 2.45) is 0 Å². The third-order valence-corrected chi connectivity index (χ3v) is 5.33. The SMILES string of the molecule is COc1cccc(CN2CC[C@@]3(C[C@H](Nc4ncccn4)CCO3)C2)c1. The summed E-state index contributed by atoms with van der Waals surface area (Å²) in [6, 6.07) is 10.5. The Kier molecular flexibility index (Phi) is 5.04. The summed E-state index contributed by atoms with van der Waals surface area (Å²) in [6.07, 6.45) is 6.62. The summed E-state index contributed by atoms with van der Waals surface area (Å²) in [5.41, 5.74) is 1.23. The number of methoxy groups -OCH3 is 1. The summed E-state index contributed by atoms with van der Waals surface area (Å²) in [7, 11) is 1.71. The predicted molar refractivity (Wildman–Crippen MR) is 100 cm³/mol. The van der Waals surface area contributed by atoms with Gasteiger partial charge in [-0.1, -0.05) is 12.1 Å². The zero-order chi connectivity index (χ0) is 17.8. The van der Waals surface area contributed by atoms with E-state index in [4.69, 9.17) is 9.47 Å². The van der Waals surface area contributed by atoms with Crippen LogP contribution in [0.15, 0.2) is 42.7 Å². The lowest BCUT2D eigenvalue weighted by molar-refractivity contribution is -0.0737. The van der Waals surface area contributed by atoms with Crippen LogP contribution in [0.5, 0.6) is 5.75 Å². The van der Waals surface area contributed by atoms with Crippen LogP contribution in [0.4, 0.5) is 5.95 Å². The zero-order valence-electron chi connectivity index (χ0n) is 15.2. The molecule has 26 heavy (non-hydrogen) atoms. The van der Waals surface area contributed by atoms with Crippen molar-refractivity contribution >= 4 is 5.95 Å². The number of nitrogens with zero attached hydrogens (tertiary/aromatic N) is 3. The Morgan fingerprint density at radius 1 is 1.31 bits per heavy atom. The largest absolute Gasteiger partial charge is 0.497 e. The minimum Gasteiger partial charge on any atom is -0.497 e. The standard InChI is InChI=1S/C20H26N4O2/c1-25-18-5-2-4-16(12-18)14-24-10-7-20(15-24)13-17(6-11-26-20)23-19-21-8-3-9-22-19/h2-5,8-9,12,17H,6-7,10-11,13-15H2,1H3,(H,21,22,23)/t17-,20-/m1/s1. The number of rotatable bonds is 5. The van der Waals surface area contributed by atoms with Crippen LogP contribution in [0.2, 0.25) is 0 Å². The molecule has 0 bridgehead atoms. The first kappa shape index (κ1) is 17.2. The van der Waals surface area contributed by atoms with Crippen molar-refractivity contribution in [3.8, 4) is 5.75 Å². The fourth-order valence-electron chi connectivity index (χ4n) is 4.08.